The van der Waals surface area contributed by atoms with Crippen molar-refractivity contribution in [1.29, 1.82) is 0 Å². The molecule has 11 nitrogen and oxygen atoms in total. The highest BCUT2D eigenvalue weighted by Crippen LogP contribution is 2.37. The van der Waals surface area contributed by atoms with E-state index in [0.29, 0.717) is 19.3 Å². The Morgan fingerprint density at radius 3 is 1.75 bits per heavy atom. The molecule has 0 spiro atoms. The van der Waals surface area contributed by atoms with Crippen LogP contribution in [-0.2, 0) is 28.2 Å². The molecule has 1 saturated carbocycles. The monoisotopic (exact) mass is 831 g/mol. The zero-order chi connectivity index (χ0) is 42.2. The Balaban J connectivity index is 2.23. The Morgan fingerprint density at radius 2 is 1.23 bits per heavy atom. The first-order chi connectivity index (χ1) is 27.3. The van der Waals surface area contributed by atoms with Gasteiger partial charge in [0, 0.05) is 18.8 Å². The van der Waals surface area contributed by atoms with Gasteiger partial charge in [0.1, 0.15) is 6.61 Å². The number of aliphatic hydroxyl groups is 3. The van der Waals surface area contributed by atoms with E-state index in [1.54, 1.807) is 24.3 Å². The number of hydrogen-bond donors (Lipinski definition) is 5. The minimum absolute atomic E-state index is 0.110. The first-order valence-corrected chi connectivity index (χ1v) is 24.3. The summed E-state index contributed by atoms with van der Waals surface area (Å²) in [5.41, 5.74) is 0. The summed E-state index contributed by atoms with van der Waals surface area (Å²) in [6.07, 6.45) is 31.8. The molecule has 0 heterocycles. The van der Waals surface area contributed by atoms with Gasteiger partial charge in [-0.05, 0) is 31.1 Å². The summed E-state index contributed by atoms with van der Waals surface area (Å²) in [4.78, 5) is 43.2. The van der Waals surface area contributed by atoms with Crippen LogP contribution < -0.4 is 0 Å². The zero-order valence-corrected chi connectivity index (χ0v) is 36.9. The van der Waals surface area contributed by atoms with E-state index in [9.17, 15) is 29.5 Å². The molecule has 57 heavy (non-hydrogen) atoms. The lowest BCUT2D eigenvalue weighted by molar-refractivity contribution is -0.160. The fourth-order valence-electron chi connectivity index (χ4n) is 7.53. The fourth-order valence-corrected chi connectivity index (χ4v) is 7.89. The molecule has 0 unspecified atom stereocenters. The molecule has 1 aliphatic carbocycles. The molecular formula is C45H83O11P. The van der Waals surface area contributed by atoms with Gasteiger partial charge in [0.05, 0.1) is 31.3 Å². The molecule has 12 heteroatoms. The highest BCUT2D eigenvalue weighted by molar-refractivity contribution is 7.46. The van der Waals surface area contributed by atoms with Crippen molar-refractivity contribution >= 4 is 19.8 Å². The normalized spacial score (nSPS) is 19.9. The van der Waals surface area contributed by atoms with Crippen molar-refractivity contribution < 1.29 is 53.3 Å². The van der Waals surface area contributed by atoms with Crippen LogP contribution in [0.1, 0.15) is 194 Å². The molecule has 0 aliphatic heterocycles. The number of ether oxygens (including phenoxy) is 2. The second-order valence-electron chi connectivity index (χ2n) is 16.8. The number of carbonyl (C=O) groups is 2. The van der Waals surface area contributed by atoms with Crippen LogP contribution in [0.25, 0.3) is 0 Å². The summed E-state index contributed by atoms with van der Waals surface area (Å²) in [6, 6.07) is 0. The van der Waals surface area contributed by atoms with Crippen molar-refractivity contribution in [3.8, 4) is 0 Å². The second kappa shape index (κ2) is 34.2. The highest BCUT2D eigenvalue weighted by atomic mass is 31.2. The maximum absolute atomic E-state index is 12.5. The number of phosphoric acid groups is 1. The van der Waals surface area contributed by atoms with Gasteiger partial charge in [0.2, 0.25) is 0 Å². The van der Waals surface area contributed by atoms with E-state index in [0.717, 1.165) is 44.4 Å². The van der Waals surface area contributed by atoms with Crippen molar-refractivity contribution in [1.82, 2.24) is 0 Å². The maximum atomic E-state index is 12.5. The Hall–Kier alpha value is -1.59. The van der Waals surface area contributed by atoms with Crippen LogP contribution in [0.2, 0.25) is 0 Å². The van der Waals surface area contributed by atoms with Gasteiger partial charge in [0.15, 0.2) is 6.10 Å². The smallest absolute Gasteiger partial charge is 0.461 e. The maximum Gasteiger partial charge on any atom is 0.469 e. The van der Waals surface area contributed by atoms with Gasteiger partial charge in [-0.3, -0.25) is 14.1 Å². The molecule has 0 amide bonds. The van der Waals surface area contributed by atoms with Crippen molar-refractivity contribution in [2.75, 3.05) is 13.2 Å². The largest absolute Gasteiger partial charge is 0.469 e. The molecule has 0 aromatic rings. The lowest BCUT2D eigenvalue weighted by Crippen LogP contribution is -2.29. The first-order valence-electron chi connectivity index (χ1n) is 22.7. The summed E-state index contributed by atoms with van der Waals surface area (Å²) < 4.78 is 26.4. The molecule has 0 aromatic carbocycles. The molecule has 1 aliphatic rings. The third-order valence-electron chi connectivity index (χ3n) is 11.0. The van der Waals surface area contributed by atoms with Crippen molar-refractivity contribution in [3.63, 3.8) is 0 Å². The first kappa shape index (κ1) is 53.4. The molecule has 6 atom stereocenters. The van der Waals surface area contributed by atoms with Crippen molar-refractivity contribution in [3.05, 3.63) is 24.3 Å². The van der Waals surface area contributed by atoms with Crippen LogP contribution in [0.3, 0.4) is 0 Å². The minimum atomic E-state index is -4.83. The van der Waals surface area contributed by atoms with E-state index in [1.807, 2.05) is 0 Å². The number of aliphatic hydroxyl groups excluding tert-OH is 3. The summed E-state index contributed by atoms with van der Waals surface area (Å²) in [6.45, 7) is 5.67. The van der Waals surface area contributed by atoms with Crippen molar-refractivity contribution in [2.45, 2.75) is 219 Å². The SMILES string of the molecule is CCCCC[C@@H](O)/C=C/[C@@H]1[C@H](C/C=C\CC(=O)OC[C@H](COP(=O)(O)O)OC(=O)CCCCCCCCCCCCCCCCCCCCC(C)C)[C@@H](O)C[C@H]1O. The molecule has 5 N–H and O–H groups in total. The summed E-state index contributed by atoms with van der Waals surface area (Å²) in [5.74, 6) is -0.940. The second-order valence-corrected chi connectivity index (χ2v) is 18.1. The van der Waals surface area contributed by atoms with E-state index in [1.165, 1.54) is 96.3 Å². The molecule has 334 valence electrons. The molecule has 0 aromatic heterocycles. The fraction of sp³-hybridized carbons (Fsp3) is 0.867. The number of allylic oxidation sites excluding steroid dienone is 1. The summed E-state index contributed by atoms with van der Waals surface area (Å²) in [5, 5.41) is 31.2. The number of esters is 2. The number of rotatable bonds is 37. The van der Waals surface area contributed by atoms with Gasteiger partial charge in [-0.25, -0.2) is 4.57 Å². The Morgan fingerprint density at radius 1 is 0.702 bits per heavy atom. The zero-order valence-electron chi connectivity index (χ0n) is 36.0. The van der Waals surface area contributed by atoms with Crippen LogP contribution in [0, 0.1) is 17.8 Å². The van der Waals surface area contributed by atoms with Gasteiger partial charge in [-0.15, -0.1) is 0 Å². The van der Waals surface area contributed by atoms with Crippen LogP contribution in [0.4, 0.5) is 0 Å². The predicted molar refractivity (Wildman–Crippen MR) is 227 cm³/mol. The Labute approximate surface area is 346 Å². The molecule has 1 fully saturated rings. The van der Waals surface area contributed by atoms with Gasteiger partial charge in [-0.2, -0.15) is 0 Å². The molecule has 1 rings (SSSR count). The van der Waals surface area contributed by atoms with E-state index in [4.69, 9.17) is 19.3 Å². The average molecular weight is 831 g/mol. The molecule has 0 saturated heterocycles. The molecule has 0 bridgehead atoms. The number of hydrogen-bond acceptors (Lipinski definition) is 9. The highest BCUT2D eigenvalue weighted by Gasteiger charge is 2.39. The van der Waals surface area contributed by atoms with E-state index in [-0.39, 0.29) is 31.1 Å². The third-order valence-corrected chi connectivity index (χ3v) is 11.5. The molecular weight excluding hydrogens is 747 g/mol. The number of unbranched alkanes of at least 4 members (excludes halogenated alkanes) is 19. The van der Waals surface area contributed by atoms with Gasteiger partial charge < -0.3 is 34.6 Å². The Kier molecular flexibility index (Phi) is 32.0. The van der Waals surface area contributed by atoms with Crippen molar-refractivity contribution in [2.24, 2.45) is 17.8 Å². The van der Waals surface area contributed by atoms with E-state index < -0.39 is 57.4 Å². The van der Waals surface area contributed by atoms with E-state index in [2.05, 4.69) is 25.3 Å². The lowest BCUT2D eigenvalue weighted by Gasteiger charge is -2.19. The third kappa shape index (κ3) is 31.0. The average Bonchev–Trinajstić information content (AvgIpc) is 3.42. The standard InChI is InChI=1S/C45H83O11P/c1-4-5-22-28-38(46)32-33-41-40(42(47)34-43(41)48)29-25-26-30-44(49)54-35-39(36-55-57(51,52)53)56-45(50)31-24-21-19-17-15-13-11-9-7-6-8-10-12-14-16-18-20-23-27-37(2)3/h25-26,32-33,37-43,46-48H,4-24,27-31,34-36H2,1-3H3,(H2,51,52,53)/b26-25-,33-32+/t38-,39-,40+,41-,42+,43-/m1/s1. The van der Waals surface area contributed by atoms with Gasteiger partial charge in [-0.1, -0.05) is 180 Å². The van der Waals surface area contributed by atoms with Crippen LogP contribution >= 0.6 is 7.82 Å². The summed E-state index contributed by atoms with van der Waals surface area (Å²) >= 11 is 0. The number of phosphoric ester groups is 1. The van der Waals surface area contributed by atoms with Gasteiger partial charge in [0.25, 0.3) is 0 Å². The van der Waals surface area contributed by atoms with Gasteiger partial charge >= 0.3 is 19.8 Å². The van der Waals surface area contributed by atoms with Crippen LogP contribution in [0.5, 0.6) is 0 Å². The van der Waals surface area contributed by atoms with Crippen LogP contribution in [-0.4, -0.2) is 74.7 Å². The lowest BCUT2D eigenvalue weighted by atomic mass is 9.89. The molecule has 0 radical (unpaired) electrons. The summed E-state index contributed by atoms with van der Waals surface area (Å²) in [7, 11) is -4.83. The topological polar surface area (TPSA) is 180 Å². The minimum Gasteiger partial charge on any atom is -0.461 e. The van der Waals surface area contributed by atoms with Crippen LogP contribution in [0.15, 0.2) is 24.3 Å². The quantitative estimate of drug-likeness (QED) is 0.0174. The predicted octanol–water partition coefficient (Wildman–Crippen LogP) is 10.2. The number of carbonyl (C=O) groups excluding carboxylic acids is 2. The van der Waals surface area contributed by atoms with E-state index >= 15 is 0 Å². The Bertz CT molecular complexity index is 1110.